The van der Waals surface area contributed by atoms with Crippen LogP contribution < -0.4 is 9.47 Å². The molecule has 0 heterocycles. The molecule has 0 N–H and O–H groups in total. The Kier molecular flexibility index (Phi) is 4.77. The number of para-hydroxylation sites is 1. The van der Waals surface area contributed by atoms with Gasteiger partial charge >= 0.3 is 5.97 Å². The molecule has 2 rings (SSSR count). The van der Waals surface area contributed by atoms with Gasteiger partial charge in [-0.15, -0.1) is 0 Å². The quantitative estimate of drug-likeness (QED) is 0.793. The first kappa shape index (κ1) is 14.8. The monoisotopic (exact) mass is 290 g/mol. The van der Waals surface area contributed by atoms with Crippen molar-refractivity contribution in [3.8, 4) is 11.5 Å². The Morgan fingerprint density at radius 1 is 1.05 bits per heavy atom. The number of ether oxygens (including phenoxy) is 3. The summed E-state index contributed by atoms with van der Waals surface area (Å²) in [5, 5.41) is 0. The minimum absolute atomic E-state index is 0.147. The number of carbonyl (C=O) groups is 1. The summed E-state index contributed by atoms with van der Waals surface area (Å²) in [6.07, 6.45) is 0. The van der Waals surface area contributed by atoms with Crippen molar-refractivity contribution in [1.29, 1.82) is 0 Å². The van der Waals surface area contributed by atoms with Crippen molar-refractivity contribution in [2.45, 2.75) is 6.61 Å². The first-order chi connectivity index (χ1) is 10.2. The maximum Gasteiger partial charge on any atom is 0.342 e. The molecule has 0 aliphatic carbocycles. The van der Waals surface area contributed by atoms with Gasteiger partial charge in [0.25, 0.3) is 0 Å². The zero-order chi connectivity index (χ0) is 15.2. The van der Waals surface area contributed by atoms with Gasteiger partial charge in [-0.2, -0.15) is 0 Å². The fourth-order valence-corrected chi connectivity index (χ4v) is 1.88. The molecule has 0 radical (unpaired) electrons. The van der Waals surface area contributed by atoms with Crippen LogP contribution in [0.25, 0.3) is 0 Å². The molecule has 0 unspecified atom stereocenters. The molecule has 2 aromatic carbocycles. The van der Waals surface area contributed by atoms with E-state index in [4.69, 9.17) is 14.2 Å². The van der Waals surface area contributed by atoms with Crippen LogP contribution in [0.3, 0.4) is 0 Å². The summed E-state index contributed by atoms with van der Waals surface area (Å²) in [4.78, 5) is 12.1. The molecule has 0 atom stereocenters. The Bertz CT molecular complexity index is 640. The Labute approximate surface area is 122 Å². The van der Waals surface area contributed by atoms with Gasteiger partial charge in [0.2, 0.25) is 0 Å². The lowest BCUT2D eigenvalue weighted by Gasteiger charge is -2.12. The zero-order valence-corrected chi connectivity index (χ0v) is 11.8. The van der Waals surface area contributed by atoms with Crippen molar-refractivity contribution in [3.05, 3.63) is 59.4 Å². The molecular weight excluding hydrogens is 275 g/mol. The van der Waals surface area contributed by atoms with Crippen molar-refractivity contribution in [2.24, 2.45) is 0 Å². The molecule has 0 bridgehead atoms. The number of carbonyl (C=O) groups excluding carboxylic acids is 1. The van der Waals surface area contributed by atoms with Gasteiger partial charge in [-0.05, 0) is 18.2 Å². The summed E-state index contributed by atoms with van der Waals surface area (Å²) < 4.78 is 28.9. The van der Waals surface area contributed by atoms with Crippen LogP contribution in [0.1, 0.15) is 15.9 Å². The second-order valence-corrected chi connectivity index (χ2v) is 4.21. The van der Waals surface area contributed by atoms with Crippen LogP contribution in [0.4, 0.5) is 4.39 Å². The molecule has 0 saturated carbocycles. The normalized spacial score (nSPS) is 10.0. The second-order valence-electron chi connectivity index (χ2n) is 4.21. The fourth-order valence-electron chi connectivity index (χ4n) is 1.88. The molecule has 0 aromatic heterocycles. The summed E-state index contributed by atoms with van der Waals surface area (Å²) >= 11 is 0. The average molecular weight is 290 g/mol. The van der Waals surface area contributed by atoms with E-state index < -0.39 is 11.8 Å². The summed E-state index contributed by atoms with van der Waals surface area (Å²) in [7, 11) is 2.91. The molecule has 5 heteroatoms. The third-order valence-corrected chi connectivity index (χ3v) is 2.94. The lowest BCUT2D eigenvalue weighted by Crippen LogP contribution is -2.08. The van der Waals surface area contributed by atoms with E-state index in [1.54, 1.807) is 36.4 Å². The van der Waals surface area contributed by atoms with E-state index in [1.165, 1.54) is 20.3 Å². The SMILES string of the molecule is COc1cccc(C(=O)OCc2ccccc2F)c1OC. The molecular formula is C16H15FO4. The zero-order valence-electron chi connectivity index (χ0n) is 11.8. The fraction of sp³-hybridized carbons (Fsp3) is 0.188. The van der Waals surface area contributed by atoms with Crippen molar-refractivity contribution >= 4 is 5.97 Å². The predicted octanol–water partition coefficient (Wildman–Crippen LogP) is 3.20. The first-order valence-electron chi connectivity index (χ1n) is 6.29. The van der Waals surface area contributed by atoms with E-state index >= 15 is 0 Å². The number of esters is 1. The third kappa shape index (κ3) is 3.31. The minimum Gasteiger partial charge on any atom is -0.493 e. The topological polar surface area (TPSA) is 44.8 Å². The predicted molar refractivity (Wildman–Crippen MR) is 75.1 cm³/mol. The Morgan fingerprint density at radius 3 is 2.48 bits per heavy atom. The van der Waals surface area contributed by atoms with E-state index in [0.717, 1.165) is 0 Å². The van der Waals surface area contributed by atoms with Crippen LogP contribution in [-0.2, 0) is 11.3 Å². The largest absolute Gasteiger partial charge is 0.493 e. The smallest absolute Gasteiger partial charge is 0.342 e. The van der Waals surface area contributed by atoms with Crippen molar-refractivity contribution in [1.82, 2.24) is 0 Å². The van der Waals surface area contributed by atoms with E-state index in [-0.39, 0.29) is 12.2 Å². The van der Waals surface area contributed by atoms with E-state index in [0.29, 0.717) is 17.1 Å². The Hall–Kier alpha value is -2.56. The van der Waals surface area contributed by atoms with E-state index in [2.05, 4.69) is 0 Å². The van der Waals surface area contributed by atoms with Gasteiger partial charge in [0, 0.05) is 5.56 Å². The highest BCUT2D eigenvalue weighted by Crippen LogP contribution is 2.31. The molecule has 0 aliphatic rings. The van der Waals surface area contributed by atoms with Gasteiger partial charge in [0.15, 0.2) is 11.5 Å². The second kappa shape index (κ2) is 6.74. The lowest BCUT2D eigenvalue weighted by molar-refractivity contribution is 0.0464. The van der Waals surface area contributed by atoms with Gasteiger partial charge in [-0.1, -0.05) is 24.3 Å². The highest BCUT2D eigenvalue weighted by atomic mass is 19.1. The number of rotatable bonds is 5. The van der Waals surface area contributed by atoms with Crippen molar-refractivity contribution < 1.29 is 23.4 Å². The molecule has 4 nitrogen and oxygen atoms in total. The molecule has 0 saturated heterocycles. The Balaban J connectivity index is 2.16. The lowest BCUT2D eigenvalue weighted by atomic mass is 10.2. The molecule has 2 aromatic rings. The molecule has 0 amide bonds. The number of benzene rings is 2. The Morgan fingerprint density at radius 2 is 1.81 bits per heavy atom. The van der Waals surface area contributed by atoms with Gasteiger partial charge in [0.05, 0.1) is 14.2 Å². The van der Waals surface area contributed by atoms with Crippen LogP contribution in [0.2, 0.25) is 0 Å². The maximum absolute atomic E-state index is 13.5. The van der Waals surface area contributed by atoms with Gasteiger partial charge < -0.3 is 14.2 Å². The molecule has 0 fully saturated rings. The highest BCUT2D eigenvalue weighted by molar-refractivity contribution is 5.93. The summed E-state index contributed by atoms with van der Waals surface area (Å²) in [5.41, 5.74) is 0.543. The van der Waals surface area contributed by atoms with Crippen molar-refractivity contribution in [3.63, 3.8) is 0 Å². The summed E-state index contributed by atoms with van der Waals surface area (Å²) in [5.74, 6) is -0.298. The number of methoxy groups -OCH3 is 2. The minimum atomic E-state index is -0.603. The molecule has 21 heavy (non-hydrogen) atoms. The van der Waals surface area contributed by atoms with Gasteiger partial charge in [0.1, 0.15) is 18.0 Å². The van der Waals surface area contributed by atoms with E-state index in [9.17, 15) is 9.18 Å². The van der Waals surface area contributed by atoms with Crippen LogP contribution >= 0.6 is 0 Å². The number of hydrogen-bond donors (Lipinski definition) is 0. The third-order valence-electron chi connectivity index (χ3n) is 2.94. The standard InChI is InChI=1S/C16H15FO4/c1-19-14-9-5-7-12(15(14)20-2)16(18)21-10-11-6-3-4-8-13(11)17/h3-9H,10H2,1-2H3. The van der Waals surface area contributed by atoms with Crippen LogP contribution in [0.5, 0.6) is 11.5 Å². The number of hydrogen-bond acceptors (Lipinski definition) is 4. The summed E-state index contributed by atoms with van der Waals surface area (Å²) in [6.45, 7) is -0.147. The van der Waals surface area contributed by atoms with Gasteiger partial charge in [-0.25, -0.2) is 9.18 Å². The molecule has 110 valence electrons. The summed E-state index contributed by atoms with van der Waals surface area (Å²) in [6, 6.07) is 11.0. The first-order valence-corrected chi connectivity index (χ1v) is 6.29. The highest BCUT2D eigenvalue weighted by Gasteiger charge is 2.18. The van der Waals surface area contributed by atoms with Crippen LogP contribution in [0.15, 0.2) is 42.5 Å². The average Bonchev–Trinajstić information content (AvgIpc) is 2.52. The van der Waals surface area contributed by atoms with Crippen LogP contribution in [-0.4, -0.2) is 20.2 Å². The van der Waals surface area contributed by atoms with Crippen molar-refractivity contribution in [2.75, 3.05) is 14.2 Å². The van der Waals surface area contributed by atoms with Crippen LogP contribution in [0, 0.1) is 5.82 Å². The maximum atomic E-state index is 13.5. The molecule has 0 spiro atoms. The van der Waals surface area contributed by atoms with E-state index in [1.807, 2.05) is 0 Å². The molecule has 0 aliphatic heterocycles. The van der Waals surface area contributed by atoms with Gasteiger partial charge in [-0.3, -0.25) is 0 Å². The number of halogens is 1.